The Morgan fingerprint density at radius 1 is 1.05 bits per heavy atom. The molecule has 0 fully saturated rings. The quantitative estimate of drug-likeness (QED) is 0.468. The highest BCUT2D eigenvalue weighted by molar-refractivity contribution is 7.41. The van der Waals surface area contributed by atoms with Crippen molar-refractivity contribution in [1.82, 2.24) is 5.32 Å². The molecule has 2 aromatic rings. The van der Waals surface area contributed by atoms with E-state index in [0.717, 1.165) is 5.56 Å². The van der Waals surface area contributed by atoms with Gasteiger partial charge in [-0.05, 0) is 17.8 Å². The molecule has 0 aliphatic heterocycles. The van der Waals surface area contributed by atoms with Gasteiger partial charge >= 0.3 is 0 Å². The molecule has 3 nitrogen and oxygen atoms in total. The Labute approximate surface area is 121 Å². The summed E-state index contributed by atoms with van der Waals surface area (Å²) in [5.74, 6) is 0. The molecule has 4 heteroatoms. The van der Waals surface area contributed by atoms with Crippen molar-refractivity contribution in [2.24, 2.45) is 0 Å². The lowest BCUT2D eigenvalue weighted by Crippen LogP contribution is -2.33. The zero-order valence-corrected chi connectivity index (χ0v) is 12.5. The van der Waals surface area contributed by atoms with Gasteiger partial charge in [0.15, 0.2) is 0 Å². The van der Waals surface area contributed by atoms with Crippen LogP contribution in [0.3, 0.4) is 0 Å². The predicted octanol–water partition coefficient (Wildman–Crippen LogP) is 2.59. The molecule has 2 N–H and O–H groups in total. The first-order chi connectivity index (χ1) is 9.77. The fourth-order valence-electron chi connectivity index (χ4n) is 1.85. The van der Waals surface area contributed by atoms with Crippen LogP contribution in [0, 0.1) is 0 Å². The normalized spacial score (nSPS) is 14.5. The third kappa shape index (κ3) is 4.69. The van der Waals surface area contributed by atoms with Crippen molar-refractivity contribution in [3.63, 3.8) is 0 Å². The maximum Gasteiger partial charge on any atom is 0.101 e. The molecule has 0 saturated carbocycles. The molecular weight excluding hydrogens is 269 g/mol. The van der Waals surface area contributed by atoms with E-state index in [1.807, 2.05) is 67.6 Å². The molecule has 3 unspecified atom stereocenters. The monoisotopic (exact) mass is 289 g/mol. The highest BCUT2D eigenvalue weighted by atomic mass is 31.1. The van der Waals surface area contributed by atoms with Crippen LogP contribution in [0.5, 0.6) is 0 Å². The van der Waals surface area contributed by atoms with Crippen LogP contribution in [0.15, 0.2) is 60.7 Å². The molecule has 0 aliphatic carbocycles. The van der Waals surface area contributed by atoms with Crippen molar-refractivity contribution in [2.45, 2.75) is 19.1 Å². The first-order valence-electron chi connectivity index (χ1n) is 6.66. The Morgan fingerprint density at radius 2 is 1.65 bits per heavy atom. The fourth-order valence-corrected chi connectivity index (χ4v) is 2.50. The highest BCUT2D eigenvalue weighted by Gasteiger charge is 2.15. The molecule has 2 rings (SSSR count). The van der Waals surface area contributed by atoms with E-state index in [2.05, 4.69) is 5.32 Å². The van der Waals surface area contributed by atoms with Gasteiger partial charge in [0.2, 0.25) is 0 Å². The minimum absolute atomic E-state index is 0.0574. The summed E-state index contributed by atoms with van der Waals surface area (Å²) in [6.45, 7) is 2.38. The summed E-state index contributed by atoms with van der Waals surface area (Å²) in [6.07, 6.45) is -0.528. The van der Waals surface area contributed by atoms with Crippen LogP contribution in [0.2, 0.25) is 0 Å². The Balaban J connectivity index is 1.71. The molecular formula is C16H20NO2P. The zero-order valence-electron chi connectivity index (χ0n) is 11.5. The Hall–Kier alpha value is -1.25. The average molecular weight is 289 g/mol. The first kappa shape index (κ1) is 15.1. The van der Waals surface area contributed by atoms with Crippen molar-refractivity contribution in [3.05, 3.63) is 66.2 Å². The Bertz CT molecular complexity index is 492. The van der Waals surface area contributed by atoms with Crippen molar-refractivity contribution in [1.29, 1.82) is 0 Å². The van der Waals surface area contributed by atoms with Crippen LogP contribution in [0.25, 0.3) is 0 Å². The lowest BCUT2D eigenvalue weighted by Gasteiger charge is -2.20. The van der Waals surface area contributed by atoms with Gasteiger partial charge in [-0.1, -0.05) is 60.7 Å². The van der Waals surface area contributed by atoms with Crippen LogP contribution < -0.4 is 10.6 Å². The van der Waals surface area contributed by atoms with E-state index in [-0.39, 0.29) is 6.04 Å². The lowest BCUT2D eigenvalue weighted by molar-refractivity contribution is 0.123. The smallest absolute Gasteiger partial charge is 0.101 e. The van der Waals surface area contributed by atoms with Gasteiger partial charge in [-0.15, -0.1) is 0 Å². The molecule has 3 atom stereocenters. The van der Waals surface area contributed by atoms with E-state index in [0.29, 0.717) is 15.5 Å². The van der Waals surface area contributed by atoms with Gasteiger partial charge in [-0.2, -0.15) is 0 Å². The molecule has 20 heavy (non-hydrogen) atoms. The van der Waals surface area contributed by atoms with E-state index >= 15 is 0 Å². The second-order valence-electron chi connectivity index (χ2n) is 4.61. The van der Waals surface area contributed by atoms with E-state index in [1.165, 1.54) is 5.30 Å². The topological polar surface area (TPSA) is 41.5 Å². The summed E-state index contributed by atoms with van der Waals surface area (Å²) in [6, 6.07) is 19.7. The van der Waals surface area contributed by atoms with E-state index in [9.17, 15) is 5.11 Å². The molecule has 0 bridgehead atoms. The maximum atomic E-state index is 10.2. The van der Waals surface area contributed by atoms with Gasteiger partial charge < -0.3 is 9.63 Å². The van der Waals surface area contributed by atoms with E-state index in [4.69, 9.17) is 4.52 Å². The Kier molecular flexibility index (Phi) is 6.16. The third-order valence-corrected chi connectivity index (χ3v) is 3.91. The minimum atomic E-state index is -0.528. The largest absolute Gasteiger partial charge is 0.387 e. The summed E-state index contributed by atoms with van der Waals surface area (Å²) in [5.41, 5.74) is 0.915. The zero-order chi connectivity index (χ0) is 14.2. The van der Waals surface area contributed by atoms with Crippen molar-refractivity contribution in [3.8, 4) is 0 Å². The number of hydrogen-bond acceptors (Lipinski definition) is 3. The molecule has 2 aromatic carbocycles. The molecule has 0 amide bonds. The molecule has 0 heterocycles. The van der Waals surface area contributed by atoms with Gasteiger partial charge in [0.05, 0.1) is 6.10 Å². The summed E-state index contributed by atoms with van der Waals surface area (Å²) in [4.78, 5) is 0. The van der Waals surface area contributed by atoms with Gasteiger partial charge in [-0.3, -0.25) is 5.32 Å². The van der Waals surface area contributed by atoms with Crippen LogP contribution in [0.4, 0.5) is 0 Å². The maximum absolute atomic E-state index is 10.2. The number of benzene rings is 2. The first-order valence-corrected chi connectivity index (χ1v) is 7.57. The van der Waals surface area contributed by atoms with Crippen molar-refractivity contribution < 1.29 is 9.63 Å². The predicted molar refractivity (Wildman–Crippen MR) is 84.3 cm³/mol. The minimum Gasteiger partial charge on any atom is -0.387 e. The van der Waals surface area contributed by atoms with E-state index in [1.54, 1.807) is 0 Å². The number of aliphatic hydroxyl groups is 1. The summed E-state index contributed by atoms with van der Waals surface area (Å²) in [7, 11) is 0.320. The molecule has 0 radical (unpaired) electrons. The van der Waals surface area contributed by atoms with E-state index < -0.39 is 6.10 Å². The lowest BCUT2D eigenvalue weighted by atomic mass is 10.0. The average Bonchev–Trinajstić information content (AvgIpc) is 2.52. The summed E-state index contributed by atoms with van der Waals surface area (Å²) < 4.78 is 5.58. The molecule has 0 aliphatic rings. The van der Waals surface area contributed by atoms with Crippen LogP contribution in [-0.4, -0.2) is 17.9 Å². The molecule has 106 valence electrons. The van der Waals surface area contributed by atoms with Gasteiger partial charge in [0.25, 0.3) is 0 Å². The molecule has 0 saturated heterocycles. The van der Waals surface area contributed by atoms with Gasteiger partial charge in [-0.25, -0.2) is 0 Å². The Morgan fingerprint density at radius 3 is 2.30 bits per heavy atom. The fraction of sp³-hybridized carbons (Fsp3) is 0.250. The van der Waals surface area contributed by atoms with Crippen molar-refractivity contribution in [2.75, 3.05) is 6.73 Å². The number of aliphatic hydroxyl groups excluding tert-OH is 1. The number of rotatable bonds is 7. The standard InChI is InChI=1S/C16H20NO2P/c1-13(16(18)14-8-4-2-5-9-14)17-12-19-20-15-10-6-3-7-11-15/h2-11,13,16-18,20H,12H2,1H3. The molecule has 0 spiro atoms. The number of nitrogens with one attached hydrogen (secondary N) is 1. The summed E-state index contributed by atoms with van der Waals surface area (Å²) >= 11 is 0. The van der Waals surface area contributed by atoms with Crippen LogP contribution in [-0.2, 0) is 4.52 Å². The SMILES string of the molecule is CC(NCOPc1ccccc1)C(O)c1ccccc1. The van der Waals surface area contributed by atoms with Crippen LogP contribution in [0.1, 0.15) is 18.6 Å². The summed E-state index contributed by atoms with van der Waals surface area (Å²) in [5, 5.41) is 14.5. The molecule has 0 aromatic heterocycles. The second-order valence-corrected chi connectivity index (χ2v) is 5.68. The third-order valence-electron chi connectivity index (χ3n) is 3.06. The van der Waals surface area contributed by atoms with Crippen molar-refractivity contribution >= 4 is 14.1 Å². The van der Waals surface area contributed by atoms with Crippen LogP contribution >= 0.6 is 8.81 Å². The van der Waals surface area contributed by atoms with Gasteiger partial charge in [0, 0.05) is 14.8 Å². The number of hydrogen-bond donors (Lipinski definition) is 2. The van der Waals surface area contributed by atoms with Gasteiger partial charge in [0.1, 0.15) is 6.73 Å². The second kappa shape index (κ2) is 8.13. The highest BCUT2D eigenvalue weighted by Crippen LogP contribution is 2.16.